The number of nitrogens with zero attached hydrogens (tertiary/aromatic N) is 1. The van der Waals surface area contributed by atoms with Crippen molar-refractivity contribution in [3.05, 3.63) is 23.8 Å². The number of phenolic OH excluding ortho intramolecular Hbond substituents is 1. The molecule has 1 aromatic carbocycles. The zero-order chi connectivity index (χ0) is 13.0. The lowest BCUT2D eigenvalue weighted by atomic mass is 10.1. The third-order valence-corrected chi connectivity index (χ3v) is 3.03. The van der Waals surface area contributed by atoms with Gasteiger partial charge in [-0.25, -0.2) is 0 Å². The maximum atomic E-state index is 11.8. The van der Waals surface area contributed by atoms with Crippen molar-refractivity contribution in [1.29, 1.82) is 0 Å². The van der Waals surface area contributed by atoms with Crippen LogP contribution in [0.2, 0.25) is 0 Å². The van der Waals surface area contributed by atoms with Crippen molar-refractivity contribution in [2.24, 2.45) is 5.73 Å². The number of carbonyl (C=O) groups excluding carboxylic acids is 1. The molecule has 5 heteroatoms. The molecule has 1 aliphatic heterocycles. The van der Waals surface area contributed by atoms with Gasteiger partial charge in [0.25, 0.3) is 0 Å². The standard InChI is InChI=1S/C13H18N2O3/c14-4-3-13(17)11-9-10(1-2-12(11)16)15-5-7-18-8-6-15/h1-2,9,16H,3-8,14H2. The summed E-state index contributed by atoms with van der Waals surface area (Å²) in [6, 6.07) is 5.12. The van der Waals surface area contributed by atoms with Crippen molar-refractivity contribution in [3.63, 3.8) is 0 Å². The number of nitrogens with two attached hydrogens (primary N) is 1. The Balaban J connectivity index is 2.22. The normalized spacial score (nSPS) is 15.7. The summed E-state index contributed by atoms with van der Waals surface area (Å²) in [4.78, 5) is 14.0. The molecule has 0 spiro atoms. The van der Waals surface area contributed by atoms with Crippen LogP contribution in [0.25, 0.3) is 0 Å². The monoisotopic (exact) mass is 250 g/mol. The topological polar surface area (TPSA) is 75.8 Å². The number of carbonyl (C=O) groups is 1. The molecule has 98 valence electrons. The highest BCUT2D eigenvalue weighted by atomic mass is 16.5. The van der Waals surface area contributed by atoms with E-state index in [1.165, 1.54) is 0 Å². The summed E-state index contributed by atoms with van der Waals surface area (Å²) in [5.41, 5.74) is 6.66. The molecule has 1 fully saturated rings. The highest BCUT2D eigenvalue weighted by molar-refractivity contribution is 5.99. The molecule has 3 N–H and O–H groups in total. The zero-order valence-electron chi connectivity index (χ0n) is 10.3. The second-order valence-electron chi connectivity index (χ2n) is 4.26. The van der Waals surface area contributed by atoms with E-state index in [0.29, 0.717) is 25.3 Å². The largest absolute Gasteiger partial charge is 0.507 e. The van der Waals surface area contributed by atoms with Gasteiger partial charge in [0.2, 0.25) is 0 Å². The van der Waals surface area contributed by atoms with Gasteiger partial charge in [-0.15, -0.1) is 0 Å². The first kappa shape index (κ1) is 12.9. The van der Waals surface area contributed by atoms with Crippen molar-refractivity contribution in [3.8, 4) is 5.75 Å². The Labute approximate surface area is 106 Å². The van der Waals surface area contributed by atoms with E-state index in [2.05, 4.69) is 4.90 Å². The number of ether oxygens (including phenoxy) is 1. The molecule has 0 radical (unpaired) electrons. The average molecular weight is 250 g/mol. The van der Waals surface area contributed by atoms with E-state index in [-0.39, 0.29) is 18.0 Å². The Bertz CT molecular complexity index is 428. The van der Waals surface area contributed by atoms with Gasteiger partial charge in [0.15, 0.2) is 5.78 Å². The highest BCUT2D eigenvalue weighted by Crippen LogP contribution is 2.25. The average Bonchev–Trinajstić information content (AvgIpc) is 2.40. The quantitative estimate of drug-likeness (QED) is 0.772. The van der Waals surface area contributed by atoms with Gasteiger partial charge < -0.3 is 20.5 Å². The summed E-state index contributed by atoms with van der Waals surface area (Å²) < 4.78 is 5.29. The minimum absolute atomic E-state index is 0.0189. The molecule has 18 heavy (non-hydrogen) atoms. The maximum absolute atomic E-state index is 11.8. The molecular formula is C13H18N2O3. The smallest absolute Gasteiger partial charge is 0.167 e. The van der Waals surface area contributed by atoms with Crippen LogP contribution in [0.3, 0.4) is 0 Å². The lowest BCUT2D eigenvalue weighted by Gasteiger charge is -2.29. The van der Waals surface area contributed by atoms with E-state index in [0.717, 1.165) is 18.8 Å². The molecule has 2 rings (SSSR count). The number of benzene rings is 1. The molecule has 0 aliphatic carbocycles. The van der Waals surface area contributed by atoms with E-state index >= 15 is 0 Å². The van der Waals surface area contributed by atoms with Gasteiger partial charge in [0, 0.05) is 25.2 Å². The second-order valence-corrected chi connectivity index (χ2v) is 4.26. The molecule has 1 heterocycles. The molecule has 5 nitrogen and oxygen atoms in total. The fourth-order valence-electron chi connectivity index (χ4n) is 2.03. The minimum Gasteiger partial charge on any atom is -0.507 e. The van der Waals surface area contributed by atoms with Crippen molar-refractivity contribution in [2.45, 2.75) is 6.42 Å². The Morgan fingerprint density at radius 2 is 2.11 bits per heavy atom. The van der Waals surface area contributed by atoms with Crippen LogP contribution in [0.5, 0.6) is 5.75 Å². The molecular weight excluding hydrogens is 232 g/mol. The first-order valence-electron chi connectivity index (χ1n) is 6.11. The lowest BCUT2D eigenvalue weighted by Crippen LogP contribution is -2.36. The van der Waals surface area contributed by atoms with E-state index in [4.69, 9.17) is 10.5 Å². The highest BCUT2D eigenvalue weighted by Gasteiger charge is 2.16. The van der Waals surface area contributed by atoms with E-state index in [9.17, 15) is 9.90 Å². The molecule has 1 aromatic rings. The minimum atomic E-state index is -0.120. The van der Waals surface area contributed by atoms with Gasteiger partial charge >= 0.3 is 0 Å². The Morgan fingerprint density at radius 1 is 1.39 bits per heavy atom. The number of aromatic hydroxyl groups is 1. The van der Waals surface area contributed by atoms with Gasteiger partial charge in [0.05, 0.1) is 18.8 Å². The van der Waals surface area contributed by atoms with Crippen LogP contribution in [0, 0.1) is 0 Å². The number of phenols is 1. The summed E-state index contributed by atoms with van der Waals surface area (Å²) in [7, 11) is 0. The number of ketones is 1. The van der Waals surface area contributed by atoms with Crippen LogP contribution in [-0.4, -0.2) is 43.7 Å². The summed E-state index contributed by atoms with van der Waals surface area (Å²) in [5.74, 6) is -0.101. The number of anilines is 1. The summed E-state index contributed by atoms with van der Waals surface area (Å²) in [6.07, 6.45) is 0.250. The van der Waals surface area contributed by atoms with Crippen LogP contribution in [0.15, 0.2) is 18.2 Å². The first-order valence-corrected chi connectivity index (χ1v) is 6.11. The fourth-order valence-corrected chi connectivity index (χ4v) is 2.03. The van der Waals surface area contributed by atoms with Crippen LogP contribution < -0.4 is 10.6 Å². The number of rotatable bonds is 4. The van der Waals surface area contributed by atoms with Crippen molar-refractivity contribution in [1.82, 2.24) is 0 Å². The van der Waals surface area contributed by atoms with Crippen LogP contribution >= 0.6 is 0 Å². The molecule has 0 bridgehead atoms. The van der Waals surface area contributed by atoms with Gasteiger partial charge in [0.1, 0.15) is 5.75 Å². The van der Waals surface area contributed by atoms with Gasteiger partial charge in [-0.05, 0) is 24.7 Å². The Kier molecular flexibility index (Phi) is 4.17. The van der Waals surface area contributed by atoms with Crippen LogP contribution in [0.1, 0.15) is 16.8 Å². The molecule has 0 atom stereocenters. The van der Waals surface area contributed by atoms with Gasteiger partial charge in [-0.3, -0.25) is 4.79 Å². The third-order valence-electron chi connectivity index (χ3n) is 3.03. The van der Waals surface area contributed by atoms with Gasteiger partial charge in [-0.2, -0.15) is 0 Å². The molecule has 0 saturated carbocycles. The second kappa shape index (κ2) is 5.84. The lowest BCUT2D eigenvalue weighted by molar-refractivity contribution is 0.0983. The SMILES string of the molecule is NCCC(=O)c1cc(N2CCOCC2)ccc1O. The number of hydrogen-bond donors (Lipinski definition) is 2. The number of hydrogen-bond acceptors (Lipinski definition) is 5. The number of Topliss-reactive ketones (excluding diaryl/α,β-unsaturated/α-hetero) is 1. The van der Waals surface area contributed by atoms with Crippen molar-refractivity contribution >= 4 is 11.5 Å². The van der Waals surface area contributed by atoms with Gasteiger partial charge in [-0.1, -0.05) is 0 Å². The maximum Gasteiger partial charge on any atom is 0.167 e. The van der Waals surface area contributed by atoms with Crippen molar-refractivity contribution in [2.75, 3.05) is 37.7 Å². The third kappa shape index (κ3) is 2.80. The fraction of sp³-hybridized carbons (Fsp3) is 0.462. The molecule has 0 unspecified atom stereocenters. The van der Waals surface area contributed by atoms with E-state index in [1.54, 1.807) is 12.1 Å². The Morgan fingerprint density at radius 3 is 2.78 bits per heavy atom. The Hall–Kier alpha value is -1.59. The first-order chi connectivity index (χ1) is 8.72. The molecule has 1 saturated heterocycles. The molecule has 0 amide bonds. The predicted octanol–water partition coefficient (Wildman–Crippen LogP) is 0.760. The molecule has 1 aliphatic rings. The number of morpholine rings is 1. The summed E-state index contributed by atoms with van der Waals surface area (Å²) in [6.45, 7) is 3.27. The van der Waals surface area contributed by atoms with E-state index in [1.807, 2.05) is 6.07 Å². The summed E-state index contributed by atoms with van der Waals surface area (Å²) in [5, 5.41) is 9.73. The molecule has 0 aromatic heterocycles. The summed E-state index contributed by atoms with van der Waals surface area (Å²) >= 11 is 0. The van der Waals surface area contributed by atoms with Crippen LogP contribution in [-0.2, 0) is 4.74 Å². The zero-order valence-corrected chi connectivity index (χ0v) is 10.3. The predicted molar refractivity (Wildman–Crippen MR) is 69.1 cm³/mol. The van der Waals surface area contributed by atoms with Crippen molar-refractivity contribution < 1.29 is 14.6 Å². The van der Waals surface area contributed by atoms with E-state index < -0.39 is 0 Å². The van der Waals surface area contributed by atoms with Crippen LogP contribution in [0.4, 0.5) is 5.69 Å².